The van der Waals surface area contributed by atoms with Gasteiger partial charge in [0.2, 0.25) is 11.8 Å². The first kappa shape index (κ1) is 33.3. The Morgan fingerprint density at radius 2 is 1.57 bits per heavy atom. The largest absolute Gasteiger partial charge is 0.508 e. The number of fused-ring (bicyclic) bond motifs is 5. The molecule has 9 rings (SSSR count). The van der Waals surface area contributed by atoms with Crippen LogP contribution in [0.25, 0.3) is 5.57 Å². The third-order valence-electron chi connectivity index (χ3n) is 12.0. The highest BCUT2D eigenvalue weighted by atomic mass is 16.5. The van der Waals surface area contributed by atoms with Gasteiger partial charge in [-0.05, 0) is 71.9 Å². The molecule has 4 aromatic carbocycles. The van der Waals surface area contributed by atoms with Gasteiger partial charge in [0.25, 0.3) is 0 Å². The van der Waals surface area contributed by atoms with E-state index < -0.39 is 58.5 Å². The van der Waals surface area contributed by atoms with Gasteiger partial charge < -0.3 is 20.1 Å². The maximum absolute atomic E-state index is 15.2. The summed E-state index contributed by atoms with van der Waals surface area (Å²) in [7, 11) is 0. The molecule has 54 heavy (non-hydrogen) atoms. The van der Waals surface area contributed by atoms with Gasteiger partial charge in [-0.25, -0.2) is 9.69 Å². The van der Waals surface area contributed by atoms with Gasteiger partial charge in [0.15, 0.2) is 11.6 Å². The van der Waals surface area contributed by atoms with Crippen LogP contribution in [0.2, 0.25) is 0 Å². The number of phenols is 2. The highest BCUT2D eigenvalue weighted by molar-refractivity contribution is 6.31. The molecule has 0 aromatic heterocycles. The van der Waals surface area contributed by atoms with Gasteiger partial charge in [0.05, 0.1) is 29.2 Å². The number of hydrogen-bond acceptors (Lipinski definition) is 8. The van der Waals surface area contributed by atoms with E-state index in [0.717, 1.165) is 22.6 Å². The van der Waals surface area contributed by atoms with Gasteiger partial charge in [-0.1, -0.05) is 72.3 Å². The molecule has 4 aromatic rings. The number of Topliss-reactive ketones (excluding diaryl/α,β-unsaturated/α-hetero) is 1. The summed E-state index contributed by atoms with van der Waals surface area (Å²) in [6, 6.07) is 26.7. The maximum atomic E-state index is 15.2. The third-order valence-corrected chi connectivity index (χ3v) is 12.0. The van der Waals surface area contributed by atoms with Crippen molar-refractivity contribution in [2.24, 2.45) is 29.6 Å². The number of carboxylic acid groups (broad SMARTS) is 1. The van der Waals surface area contributed by atoms with E-state index in [1.54, 1.807) is 42.7 Å². The topological polar surface area (TPSA) is 159 Å². The third kappa shape index (κ3) is 4.75. The Kier molecular flexibility index (Phi) is 7.56. The fourth-order valence-electron chi connectivity index (χ4n) is 9.78. The molecular formula is C44H33NO9. The summed E-state index contributed by atoms with van der Waals surface area (Å²) in [5, 5.41) is 30.4. The number of aromatic hydroxyl groups is 2. The molecular weight excluding hydrogens is 686 g/mol. The molecule has 0 spiro atoms. The number of aromatic carboxylic acids is 1. The number of rotatable bonds is 5. The van der Waals surface area contributed by atoms with Crippen LogP contribution in [0.4, 0.5) is 5.69 Å². The number of ether oxygens (including phenoxy) is 1. The van der Waals surface area contributed by atoms with Crippen LogP contribution in [-0.4, -0.2) is 44.7 Å². The van der Waals surface area contributed by atoms with Gasteiger partial charge in [-0.3, -0.25) is 19.2 Å². The Hall–Kier alpha value is -6.55. The van der Waals surface area contributed by atoms with E-state index in [4.69, 9.17) is 4.74 Å². The van der Waals surface area contributed by atoms with Gasteiger partial charge in [-0.15, -0.1) is 0 Å². The van der Waals surface area contributed by atoms with Crippen molar-refractivity contribution in [1.29, 1.82) is 0 Å². The van der Waals surface area contributed by atoms with Crippen LogP contribution in [-0.2, 0) is 31.0 Å². The van der Waals surface area contributed by atoms with Crippen LogP contribution < -0.4 is 9.64 Å². The quantitative estimate of drug-likeness (QED) is 0.162. The average Bonchev–Trinajstić information content (AvgIpc) is 3.44. The van der Waals surface area contributed by atoms with E-state index in [1.165, 1.54) is 18.2 Å². The van der Waals surface area contributed by atoms with Gasteiger partial charge >= 0.3 is 5.97 Å². The standard InChI is InChI=1S/C44H33NO9/c46-28-12-16-36-24(18-28)17-25(22-54-36)39-29-14-15-31-38(42(51)45(41(31)50)27-11-13-30(43(52)53)35(47)19-27)33(29)20-34-40(49)32(23-7-3-1-4-8-23)21-37(48)44(34,39)26-9-5-2-6-10-26/h1-14,16,18-19,21-22,31,33-34,38-39,46-47H,15,17,20H2,(H,52,53)/t31-,33+,34-,38-,39-,44-/m0/s1. The summed E-state index contributed by atoms with van der Waals surface area (Å²) in [6.07, 6.45) is 5.61. The second kappa shape index (κ2) is 12.3. The van der Waals surface area contributed by atoms with E-state index in [-0.39, 0.29) is 47.0 Å². The number of carbonyl (C=O) groups excluding carboxylic acids is 4. The van der Waals surface area contributed by atoms with Crippen molar-refractivity contribution in [3.05, 3.63) is 149 Å². The number of anilines is 1. The highest BCUT2D eigenvalue weighted by Gasteiger charge is 2.66. The molecule has 2 heterocycles. The van der Waals surface area contributed by atoms with Gasteiger partial charge in [0.1, 0.15) is 22.8 Å². The molecule has 6 atom stereocenters. The zero-order valence-electron chi connectivity index (χ0n) is 28.7. The van der Waals surface area contributed by atoms with Crippen molar-refractivity contribution >= 4 is 40.6 Å². The van der Waals surface area contributed by atoms with E-state index in [0.29, 0.717) is 34.4 Å². The van der Waals surface area contributed by atoms with Crippen LogP contribution in [0.15, 0.2) is 127 Å². The average molecular weight is 720 g/mol. The van der Waals surface area contributed by atoms with Crippen molar-refractivity contribution in [2.75, 3.05) is 4.90 Å². The predicted octanol–water partition coefficient (Wildman–Crippen LogP) is 6.18. The van der Waals surface area contributed by atoms with Gasteiger partial charge in [0, 0.05) is 35.5 Å². The first-order valence-corrected chi connectivity index (χ1v) is 17.8. The number of imide groups is 1. The Morgan fingerprint density at radius 1 is 0.833 bits per heavy atom. The van der Waals surface area contributed by atoms with Crippen molar-refractivity contribution in [2.45, 2.75) is 24.7 Å². The van der Waals surface area contributed by atoms with Crippen LogP contribution in [0.5, 0.6) is 17.2 Å². The SMILES string of the molecule is O=C(O)c1ccc(N2C(=O)[C@H]3[C@H](CC=C4[C@H](C5=COc6ccc(O)cc6C5)[C@]5(c6ccccc6)C(=O)C=C(c6ccccc6)C(=O)[C@@H]5C[C@H]43)C2=O)cc1O. The van der Waals surface area contributed by atoms with E-state index in [1.807, 2.05) is 42.5 Å². The molecule has 1 saturated heterocycles. The van der Waals surface area contributed by atoms with Crippen LogP contribution >= 0.6 is 0 Å². The minimum Gasteiger partial charge on any atom is -0.508 e. The number of ketones is 2. The lowest BCUT2D eigenvalue weighted by Crippen LogP contribution is -2.60. The Labute approximate surface area is 309 Å². The van der Waals surface area contributed by atoms with Gasteiger partial charge in [-0.2, -0.15) is 0 Å². The summed E-state index contributed by atoms with van der Waals surface area (Å²) >= 11 is 0. The van der Waals surface area contributed by atoms with Crippen molar-refractivity contribution in [3.63, 3.8) is 0 Å². The van der Waals surface area contributed by atoms with Crippen molar-refractivity contribution in [1.82, 2.24) is 0 Å². The maximum Gasteiger partial charge on any atom is 0.339 e. The van der Waals surface area contributed by atoms with Crippen molar-refractivity contribution < 1.29 is 44.0 Å². The molecule has 10 nitrogen and oxygen atoms in total. The lowest BCUT2D eigenvalue weighted by molar-refractivity contribution is -0.136. The molecule has 268 valence electrons. The summed E-state index contributed by atoms with van der Waals surface area (Å²) in [5.41, 5.74) is 1.93. The lowest BCUT2D eigenvalue weighted by Gasteiger charge is -2.56. The normalized spacial score (nSPS) is 27.1. The molecule has 5 aliphatic rings. The number of nitrogens with zero attached hydrogens (tertiary/aromatic N) is 1. The number of carbonyl (C=O) groups is 5. The molecule has 3 N–H and O–H groups in total. The van der Waals surface area contributed by atoms with E-state index in [2.05, 4.69) is 0 Å². The lowest BCUT2D eigenvalue weighted by atomic mass is 9.44. The monoisotopic (exact) mass is 719 g/mol. The number of hydrogen-bond donors (Lipinski definition) is 3. The molecule has 0 radical (unpaired) electrons. The molecule has 2 aliphatic heterocycles. The first-order chi connectivity index (χ1) is 26.1. The number of allylic oxidation sites excluding steroid dienone is 5. The van der Waals surface area contributed by atoms with Crippen LogP contribution in [0, 0.1) is 29.6 Å². The van der Waals surface area contributed by atoms with Crippen LogP contribution in [0.1, 0.15) is 39.9 Å². The summed E-state index contributed by atoms with van der Waals surface area (Å²) in [6.45, 7) is 0. The van der Waals surface area contributed by atoms with Crippen LogP contribution in [0.3, 0.4) is 0 Å². The molecule has 2 fully saturated rings. The molecule has 0 unspecified atom stereocenters. The number of benzene rings is 4. The second-order valence-corrected chi connectivity index (χ2v) is 14.6. The molecule has 3 aliphatic carbocycles. The molecule has 10 heteroatoms. The number of carboxylic acids is 1. The molecule has 0 bridgehead atoms. The van der Waals surface area contributed by atoms with Crippen molar-refractivity contribution in [3.8, 4) is 17.2 Å². The minimum atomic E-state index is -1.43. The number of phenolic OH excluding ortho intramolecular Hbond substituents is 1. The number of amides is 2. The van der Waals surface area contributed by atoms with E-state index in [9.17, 15) is 29.7 Å². The fourth-order valence-corrected chi connectivity index (χ4v) is 9.78. The smallest absolute Gasteiger partial charge is 0.339 e. The zero-order chi connectivity index (χ0) is 37.5. The molecule has 1 saturated carbocycles. The van der Waals surface area contributed by atoms with E-state index >= 15 is 9.59 Å². The summed E-state index contributed by atoms with van der Waals surface area (Å²) in [4.78, 5) is 71.7. The zero-order valence-corrected chi connectivity index (χ0v) is 28.7. The Morgan fingerprint density at radius 3 is 2.30 bits per heavy atom. The minimum absolute atomic E-state index is 0.0485. The predicted molar refractivity (Wildman–Crippen MR) is 195 cm³/mol. The Bertz CT molecular complexity index is 2410. The summed E-state index contributed by atoms with van der Waals surface area (Å²) < 4.78 is 6.17. The Balaban J connectivity index is 1.23. The second-order valence-electron chi connectivity index (χ2n) is 14.6. The fraction of sp³-hybridized carbons (Fsp3) is 0.205. The summed E-state index contributed by atoms with van der Waals surface area (Å²) in [5.74, 6) is -6.87. The molecule has 2 amide bonds. The highest BCUT2D eigenvalue weighted by Crippen LogP contribution is 2.63. The first-order valence-electron chi connectivity index (χ1n) is 17.8.